The molecule has 0 saturated heterocycles. The Balaban J connectivity index is 2.39. The maximum Gasteiger partial charge on any atom is 0.339 e. The third-order valence-corrected chi connectivity index (χ3v) is 3.08. The summed E-state index contributed by atoms with van der Waals surface area (Å²) in [5.74, 6) is -1.88. The second-order valence-corrected chi connectivity index (χ2v) is 4.90. The van der Waals surface area contributed by atoms with Gasteiger partial charge in [-0.25, -0.2) is 15.3 Å². The van der Waals surface area contributed by atoms with Crippen LogP contribution in [0.2, 0.25) is 0 Å². The number of para-hydroxylation sites is 1. The first kappa shape index (κ1) is 20.3. The number of carboxylic acid groups (broad SMARTS) is 1. The summed E-state index contributed by atoms with van der Waals surface area (Å²) in [7, 11) is 0. The highest BCUT2D eigenvalue weighted by molar-refractivity contribution is 5.91. The fourth-order valence-electron chi connectivity index (χ4n) is 1.98. The molecule has 0 heterocycles. The average molecular weight is 358 g/mol. The van der Waals surface area contributed by atoms with Crippen molar-refractivity contribution in [2.24, 2.45) is 0 Å². The van der Waals surface area contributed by atoms with Crippen LogP contribution in [0.4, 0.5) is 0 Å². The number of benzene rings is 1. The molecule has 25 heavy (non-hydrogen) atoms. The molecule has 1 atom stereocenters. The van der Waals surface area contributed by atoms with Crippen molar-refractivity contribution in [3.63, 3.8) is 0 Å². The lowest BCUT2D eigenvalue weighted by molar-refractivity contribution is -0.857. The van der Waals surface area contributed by atoms with E-state index in [1.54, 1.807) is 6.07 Å². The standard InChI is InChI=1S/C14H18N2O9/c17-13(24-12-7-3-2-6-11(12)14(18)19)8-4-1-5-10(9-23-15-20)25-16(21)22/h2-3,6-7,10H,1,4-5,8-9,15H2,(H,18,19). The van der Waals surface area contributed by atoms with Crippen molar-refractivity contribution in [3.8, 4) is 5.75 Å². The zero-order valence-electron chi connectivity index (χ0n) is 13.2. The lowest BCUT2D eigenvalue weighted by Crippen LogP contribution is -2.76. The predicted octanol–water partition coefficient (Wildman–Crippen LogP) is 0.420. The second-order valence-electron chi connectivity index (χ2n) is 4.90. The van der Waals surface area contributed by atoms with Gasteiger partial charge in [-0.1, -0.05) is 18.6 Å². The molecule has 0 aliphatic rings. The van der Waals surface area contributed by atoms with E-state index >= 15 is 0 Å². The number of nitrogens with zero attached hydrogens (tertiary/aromatic N) is 1. The minimum atomic E-state index is -1.21. The number of rotatable bonds is 12. The van der Waals surface area contributed by atoms with Crippen LogP contribution >= 0.6 is 0 Å². The fraction of sp³-hybridized carbons (Fsp3) is 0.429. The van der Waals surface area contributed by atoms with E-state index in [1.165, 1.54) is 18.2 Å². The van der Waals surface area contributed by atoms with Gasteiger partial charge in [-0.2, -0.15) is 0 Å². The van der Waals surface area contributed by atoms with Crippen molar-refractivity contribution in [2.75, 3.05) is 6.61 Å². The lowest BCUT2D eigenvalue weighted by atomic mass is 10.1. The molecule has 0 aromatic heterocycles. The second kappa shape index (κ2) is 10.9. The van der Waals surface area contributed by atoms with Crippen LogP contribution < -0.4 is 10.4 Å². The molecule has 0 fully saturated rings. The molecule has 1 aromatic carbocycles. The number of carboxylic acids is 1. The Bertz CT molecular complexity index is 593. The van der Waals surface area contributed by atoms with Gasteiger partial charge in [0, 0.05) is 6.42 Å². The van der Waals surface area contributed by atoms with Gasteiger partial charge in [0.1, 0.15) is 24.0 Å². The molecule has 0 amide bonds. The Labute approximate surface area is 142 Å². The minimum absolute atomic E-state index is 0.00627. The van der Waals surface area contributed by atoms with Crippen molar-refractivity contribution in [3.05, 3.63) is 45.2 Å². The summed E-state index contributed by atoms with van der Waals surface area (Å²) in [5.41, 5.74) is 0.0365. The lowest BCUT2D eigenvalue weighted by Gasteiger charge is -2.13. The van der Waals surface area contributed by atoms with E-state index in [0.29, 0.717) is 12.8 Å². The van der Waals surface area contributed by atoms with Gasteiger partial charge in [-0.15, -0.1) is 10.1 Å². The van der Waals surface area contributed by atoms with Crippen molar-refractivity contribution in [1.29, 1.82) is 0 Å². The van der Waals surface area contributed by atoms with Crippen molar-refractivity contribution in [1.82, 2.24) is 0 Å². The van der Waals surface area contributed by atoms with E-state index in [0.717, 1.165) is 0 Å². The molecule has 0 spiro atoms. The molecule has 0 bridgehead atoms. The molecular formula is C14H18N2O9. The number of unbranched alkanes of at least 4 members (excludes halogenated alkanes) is 1. The molecule has 1 aromatic rings. The number of carbonyl (C=O) groups excluding carboxylic acids is 1. The van der Waals surface area contributed by atoms with Crippen LogP contribution in [0.15, 0.2) is 24.3 Å². The third-order valence-electron chi connectivity index (χ3n) is 3.08. The zero-order chi connectivity index (χ0) is 18.7. The molecule has 0 aliphatic carbocycles. The number of hydrogen-bond acceptors (Lipinski definition) is 8. The van der Waals surface area contributed by atoms with E-state index in [-0.39, 0.29) is 36.4 Å². The number of carbonyl (C=O) groups is 2. The van der Waals surface area contributed by atoms with Crippen LogP contribution in [0.5, 0.6) is 5.75 Å². The SMILES string of the molecule is O=C(CCCCC(CO[NH2+][O-])O[N+](=O)[O-])Oc1ccccc1C(=O)O. The van der Waals surface area contributed by atoms with E-state index in [2.05, 4.69) is 9.68 Å². The number of hydrogen-bond donors (Lipinski definition) is 2. The number of nitrogens with two attached hydrogens (primary N) is 1. The first-order valence-corrected chi connectivity index (χ1v) is 7.33. The summed E-state index contributed by atoms with van der Waals surface area (Å²) < 4.78 is 5.01. The number of aromatic carboxylic acids is 1. The largest absolute Gasteiger partial charge is 0.601 e. The van der Waals surface area contributed by atoms with Crippen LogP contribution in [0.25, 0.3) is 0 Å². The summed E-state index contributed by atoms with van der Waals surface area (Å²) in [6, 6.07) is 5.75. The summed E-state index contributed by atoms with van der Waals surface area (Å²) >= 11 is 0. The predicted molar refractivity (Wildman–Crippen MR) is 80.6 cm³/mol. The Morgan fingerprint density at radius 2 is 2.00 bits per heavy atom. The summed E-state index contributed by atoms with van der Waals surface area (Å²) in [6.45, 7) is -0.263. The summed E-state index contributed by atoms with van der Waals surface area (Å²) in [5, 5.41) is 28.5. The highest BCUT2D eigenvalue weighted by Gasteiger charge is 2.16. The van der Waals surface area contributed by atoms with Gasteiger partial charge in [-0.05, 0) is 25.0 Å². The van der Waals surface area contributed by atoms with E-state index < -0.39 is 23.1 Å². The molecular weight excluding hydrogens is 340 g/mol. The first-order chi connectivity index (χ1) is 11.9. The van der Waals surface area contributed by atoms with E-state index in [1.807, 2.05) is 0 Å². The summed E-state index contributed by atoms with van der Waals surface area (Å²) in [4.78, 5) is 41.9. The number of esters is 1. The molecule has 1 rings (SSSR count). The Morgan fingerprint density at radius 1 is 1.28 bits per heavy atom. The van der Waals surface area contributed by atoms with Crippen LogP contribution in [-0.2, 0) is 14.5 Å². The van der Waals surface area contributed by atoms with Gasteiger partial charge in [0.15, 0.2) is 0 Å². The third kappa shape index (κ3) is 8.06. The molecule has 0 saturated carbocycles. The van der Waals surface area contributed by atoms with Gasteiger partial charge in [0.25, 0.3) is 5.09 Å². The van der Waals surface area contributed by atoms with Gasteiger partial charge < -0.3 is 19.9 Å². The van der Waals surface area contributed by atoms with Crippen LogP contribution in [-0.4, -0.2) is 34.8 Å². The Hall–Kier alpha value is -2.76. The van der Waals surface area contributed by atoms with Crippen molar-refractivity contribution >= 4 is 11.9 Å². The molecule has 1 unspecified atom stereocenters. The van der Waals surface area contributed by atoms with Gasteiger partial charge in [-0.3, -0.25) is 4.79 Å². The van der Waals surface area contributed by atoms with Crippen molar-refractivity contribution < 1.29 is 39.8 Å². The minimum Gasteiger partial charge on any atom is -0.601 e. The fourth-order valence-corrected chi connectivity index (χ4v) is 1.98. The quantitative estimate of drug-likeness (QED) is 0.177. The Morgan fingerprint density at radius 3 is 2.64 bits per heavy atom. The molecule has 3 N–H and O–H groups in total. The van der Waals surface area contributed by atoms with Crippen LogP contribution in [0.1, 0.15) is 36.0 Å². The number of quaternary nitrogens is 1. The van der Waals surface area contributed by atoms with Crippen molar-refractivity contribution in [2.45, 2.75) is 31.8 Å². The van der Waals surface area contributed by atoms with Gasteiger partial charge >= 0.3 is 11.9 Å². The topological polar surface area (TPSA) is 165 Å². The monoisotopic (exact) mass is 358 g/mol. The van der Waals surface area contributed by atoms with Gasteiger partial charge in [0.05, 0.1) is 0 Å². The molecule has 138 valence electrons. The van der Waals surface area contributed by atoms with E-state index in [4.69, 9.17) is 9.84 Å². The average Bonchev–Trinajstić information content (AvgIpc) is 2.56. The molecule has 11 nitrogen and oxygen atoms in total. The normalized spacial score (nSPS) is 11.6. The van der Waals surface area contributed by atoms with Gasteiger partial charge in [0.2, 0.25) is 0 Å². The Kier molecular flexibility index (Phi) is 8.85. The zero-order valence-corrected chi connectivity index (χ0v) is 13.2. The maximum absolute atomic E-state index is 11.8. The highest BCUT2D eigenvalue weighted by Crippen LogP contribution is 2.19. The van der Waals surface area contributed by atoms with E-state index in [9.17, 15) is 24.9 Å². The number of ether oxygens (including phenoxy) is 1. The smallest absolute Gasteiger partial charge is 0.339 e. The molecule has 11 heteroatoms. The van der Waals surface area contributed by atoms with Crippen LogP contribution in [0.3, 0.4) is 0 Å². The maximum atomic E-state index is 11.8. The molecule has 0 radical (unpaired) electrons. The first-order valence-electron chi connectivity index (χ1n) is 7.33. The van der Waals surface area contributed by atoms with Crippen LogP contribution in [0, 0.1) is 15.3 Å². The molecule has 0 aliphatic heterocycles. The highest BCUT2D eigenvalue weighted by atomic mass is 17.0. The summed E-state index contributed by atoms with van der Waals surface area (Å²) in [6.07, 6.45) is 0.00825.